The first-order valence-electron chi connectivity index (χ1n) is 6.38. The predicted octanol–water partition coefficient (Wildman–Crippen LogP) is 4.47. The second-order valence-electron chi connectivity index (χ2n) is 5.23. The summed E-state index contributed by atoms with van der Waals surface area (Å²) in [5, 5.41) is 9.37. The van der Waals surface area contributed by atoms with E-state index < -0.39 is 8.03 Å². The minimum Gasteiger partial charge on any atom is -0.508 e. The fourth-order valence-electron chi connectivity index (χ4n) is 2.13. The maximum absolute atomic E-state index is 11.1. The number of aromatic hydroxyl groups is 1. The molecule has 2 aromatic rings. The Morgan fingerprint density at radius 1 is 0.950 bits per heavy atom. The molecule has 0 aromatic heterocycles. The molecule has 104 valence electrons. The Morgan fingerprint density at radius 3 is 1.85 bits per heavy atom. The van der Waals surface area contributed by atoms with Gasteiger partial charge in [0.05, 0.1) is 0 Å². The van der Waals surface area contributed by atoms with Gasteiger partial charge in [0.1, 0.15) is 5.75 Å². The van der Waals surface area contributed by atoms with Gasteiger partial charge in [-0.15, -0.1) is 0 Å². The number of phenols is 1. The van der Waals surface area contributed by atoms with Gasteiger partial charge in [-0.3, -0.25) is 4.52 Å². The molecule has 0 aliphatic carbocycles. The normalized spacial score (nSPS) is 12.1. The van der Waals surface area contributed by atoms with E-state index in [0.717, 1.165) is 11.1 Å². The SMILES string of the molecule is C[P+](=O)Oc1ccc(C(C)(C)c2ccc(O)cc2)cc1. The van der Waals surface area contributed by atoms with Crippen LogP contribution in [-0.2, 0) is 9.98 Å². The average molecular weight is 289 g/mol. The summed E-state index contributed by atoms with van der Waals surface area (Å²) < 4.78 is 16.2. The summed E-state index contributed by atoms with van der Waals surface area (Å²) in [6.07, 6.45) is 0. The summed E-state index contributed by atoms with van der Waals surface area (Å²) in [5.41, 5.74) is 2.06. The first-order chi connectivity index (χ1) is 9.39. The molecule has 4 heteroatoms. The molecule has 0 fully saturated rings. The molecular formula is C16H18O3P+. The molecule has 0 bridgehead atoms. The molecule has 1 N–H and O–H groups in total. The van der Waals surface area contributed by atoms with Crippen molar-refractivity contribution in [1.82, 2.24) is 0 Å². The van der Waals surface area contributed by atoms with Gasteiger partial charge >= 0.3 is 8.03 Å². The molecule has 0 radical (unpaired) electrons. The highest BCUT2D eigenvalue weighted by molar-refractivity contribution is 7.38. The zero-order valence-corrected chi connectivity index (χ0v) is 12.7. The van der Waals surface area contributed by atoms with Gasteiger partial charge in [0.2, 0.25) is 0 Å². The van der Waals surface area contributed by atoms with Crippen molar-refractivity contribution in [2.24, 2.45) is 0 Å². The number of rotatable bonds is 4. The molecule has 0 heterocycles. The van der Waals surface area contributed by atoms with Crippen LogP contribution in [0.2, 0.25) is 0 Å². The van der Waals surface area contributed by atoms with Crippen molar-refractivity contribution in [2.45, 2.75) is 19.3 Å². The molecule has 0 saturated heterocycles. The molecule has 1 unspecified atom stereocenters. The van der Waals surface area contributed by atoms with Crippen LogP contribution in [-0.4, -0.2) is 11.8 Å². The molecule has 2 rings (SSSR count). The van der Waals surface area contributed by atoms with Gasteiger partial charge in [-0.1, -0.05) is 38.1 Å². The number of phenolic OH excluding ortho intramolecular Hbond substituents is 1. The predicted molar refractivity (Wildman–Crippen MR) is 80.8 cm³/mol. The first kappa shape index (κ1) is 14.5. The second kappa shape index (κ2) is 5.64. The Hall–Kier alpha value is -1.86. The van der Waals surface area contributed by atoms with Crippen molar-refractivity contribution >= 4 is 8.03 Å². The maximum atomic E-state index is 11.1. The van der Waals surface area contributed by atoms with E-state index in [1.807, 2.05) is 36.4 Å². The Labute approximate surface area is 120 Å². The van der Waals surface area contributed by atoms with Crippen molar-refractivity contribution in [2.75, 3.05) is 6.66 Å². The minimum atomic E-state index is -1.64. The van der Waals surface area contributed by atoms with Crippen LogP contribution in [0.4, 0.5) is 0 Å². The van der Waals surface area contributed by atoms with Crippen LogP contribution < -0.4 is 4.52 Å². The van der Waals surface area contributed by atoms with E-state index in [4.69, 9.17) is 4.52 Å². The molecule has 20 heavy (non-hydrogen) atoms. The highest BCUT2D eigenvalue weighted by atomic mass is 31.1. The van der Waals surface area contributed by atoms with E-state index in [2.05, 4.69) is 13.8 Å². The average Bonchev–Trinajstić information content (AvgIpc) is 2.39. The molecule has 3 nitrogen and oxygen atoms in total. The van der Waals surface area contributed by atoms with Gasteiger partial charge in [0.15, 0.2) is 12.4 Å². The van der Waals surface area contributed by atoms with Gasteiger partial charge in [-0.25, -0.2) is 0 Å². The lowest BCUT2D eigenvalue weighted by molar-refractivity contribution is 0.474. The van der Waals surface area contributed by atoms with E-state index in [1.165, 1.54) is 6.66 Å². The van der Waals surface area contributed by atoms with Gasteiger partial charge in [0.25, 0.3) is 0 Å². The molecule has 1 atom stereocenters. The maximum Gasteiger partial charge on any atom is 0.552 e. The summed E-state index contributed by atoms with van der Waals surface area (Å²) in [6.45, 7) is 5.77. The van der Waals surface area contributed by atoms with Crippen LogP contribution >= 0.6 is 8.03 Å². The van der Waals surface area contributed by atoms with Crippen LogP contribution in [0.1, 0.15) is 25.0 Å². The summed E-state index contributed by atoms with van der Waals surface area (Å²) in [6, 6.07) is 14.8. The quantitative estimate of drug-likeness (QED) is 0.845. The van der Waals surface area contributed by atoms with Gasteiger partial charge in [0, 0.05) is 5.41 Å². The minimum absolute atomic E-state index is 0.180. The fraction of sp³-hybridized carbons (Fsp3) is 0.250. The Balaban J connectivity index is 2.29. The monoisotopic (exact) mass is 289 g/mol. The lowest BCUT2D eigenvalue weighted by Gasteiger charge is -2.26. The van der Waals surface area contributed by atoms with Gasteiger partial charge in [-0.05, 0) is 40.0 Å². The third-order valence-corrected chi connectivity index (χ3v) is 3.87. The molecule has 0 spiro atoms. The zero-order valence-electron chi connectivity index (χ0n) is 11.8. The standard InChI is InChI=1S/C16H17O3P/c1-16(2,12-4-8-14(17)9-5-12)13-6-10-15(11-7-13)19-20(3)18/h4-11H,1-3H3/p+1. The van der Waals surface area contributed by atoms with Crippen LogP contribution in [0.5, 0.6) is 11.5 Å². The van der Waals surface area contributed by atoms with Crippen molar-refractivity contribution in [3.05, 3.63) is 59.7 Å². The van der Waals surface area contributed by atoms with Gasteiger partial charge in [-0.2, -0.15) is 0 Å². The van der Waals surface area contributed by atoms with Gasteiger partial charge < -0.3 is 5.11 Å². The van der Waals surface area contributed by atoms with Crippen molar-refractivity contribution in [3.8, 4) is 11.5 Å². The van der Waals surface area contributed by atoms with Crippen LogP contribution in [0.15, 0.2) is 48.5 Å². The van der Waals surface area contributed by atoms with E-state index in [-0.39, 0.29) is 11.2 Å². The molecule has 0 amide bonds. The number of hydrogen-bond acceptors (Lipinski definition) is 3. The topological polar surface area (TPSA) is 46.5 Å². The number of benzene rings is 2. The summed E-state index contributed by atoms with van der Waals surface area (Å²) in [5.74, 6) is 0.874. The largest absolute Gasteiger partial charge is 0.552 e. The molecule has 0 aliphatic rings. The summed E-state index contributed by atoms with van der Waals surface area (Å²) in [7, 11) is -1.64. The summed E-state index contributed by atoms with van der Waals surface area (Å²) >= 11 is 0. The van der Waals surface area contributed by atoms with Crippen molar-refractivity contribution in [3.63, 3.8) is 0 Å². The fourth-order valence-corrected chi connectivity index (χ4v) is 2.54. The zero-order chi connectivity index (χ0) is 14.8. The van der Waals surface area contributed by atoms with E-state index in [1.54, 1.807) is 12.1 Å². The Bertz CT molecular complexity index is 601. The highest BCUT2D eigenvalue weighted by Crippen LogP contribution is 2.34. The highest BCUT2D eigenvalue weighted by Gasteiger charge is 2.23. The molecule has 0 aliphatic heterocycles. The number of hydrogen-bond donors (Lipinski definition) is 1. The summed E-state index contributed by atoms with van der Waals surface area (Å²) in [4.78, 5) is 0. The Morgan fingerprint density at radius 2 is 1.40 bits per heavy atom. The molecule has 2 aromatic carbocycles. The lowest BCUT2D eigenvalue weighted by Crippen LogP contribution is -2.18. The Kier molecular flexibility index (Phi) is 4.10. The molecule has 0 saturated carbocycles. The van der Waals surface area contributed by atoms with Crippen molar-refractivity contribution < 1.29 is 14.2 Å². The second-order valence-corrected chi connectivity index (χ2v) is 6.29. The van der Waals surface area contributed by atoms with Crippen LogP contribution in [0.3, 0.4) is 0 Å². The van der Waals surface area contributed by atoms with Crippen molar-refractivity contribution in [1.29, 1.82) is 0 Å². The van der Waals surface area contributed by atoms with E-state index in [0.29, 0.717) is 5.75 Å². The van der Waals surface area contributed by atoms with Crippen LogP contribution in [0, 0.1) is 0 Å². The third-order valence-electron chi connectivity index (χ3n) is 3.40. The van der Waals surface area contributed by atoms with Crippen LogP contribution in [0.25, 0.3) is 0 Å². The van der Waals surface area contributed by atoms with E-state index in [9.17, 15) is 9.67 Å². The smallest absolute Gasteiger partial charge is 0.508 e. The van der Waals surface area contributed by atoms with E-state index >= 15 is 0 Å². The lowest BCUT2D eigenvalue weighted by atomic mass is 9.78. The third kappa shape index (κ3) is 3.17. The molecular weight excluding hydrogens is 271 g/mol. The first-order valence-corrected chi connectivity index (χ1v) is 8.01.